The molecule has 0 saturated carbocycles. The molecule has 2 rings (SSSR count). The van der Waals surface area contributed by atoms with Crippen LogP contribution in [-0.2, 0) is 6.18 Å². The van der Waals surface area contributed by atoms with Crippen LogP contribution < -0.4 is 0 Å². The Labute approximate surface area is 120 Å². The van der Waals surface area contributed by atoms with Gasteiger partial charge in [0.25, 0.3) is 0 Å². The number of halogens is 4. The Kier molecular flexibility index (Phi) is 3.82. The molecular weight excluding hydrogens is 341 g/mol. The van der Waals surface area contributed by atoms with Gasteiger partial charge in [0.15, 0.2) is 0 Å². The first kappa shape index (κ1) is 14.3. The summed E-state index contributed by atoms with van der Waals surface area (Å²) < 4.78 is 38.5. The fraction of sp³-hybridized carbons (Fsp3) is 0.154. The second kappa shape index (κ2) is 5.09. The summed E-state index contributed by atoms with van der Waals surface area (Å²) in [6.07, 6.45) is -4.44. The summed E-state index contributed by atoms with van der Waals surface area (Å²) in [6.45, 7) is 1.83. The van der Waals surface area contributed by atoms with Crippen LogP contribution in [0.4, 0.5) is 13.2 Å². The number of alkyl halides is 3. The van der Waals surface area contributed by atoms with E-state index in [-0.39, 0.29) is 5.56 Å². The zero-order valence-corrected chi connectivity index (χ0v) is 12.1. The molecular formula is C13H8BrF3OS. The van der Waals surface area contributed by atoms with Gasteiger partial charge in [-0.15, -0.1) is 11.3 Å². The molecule has 0 bridgehead atoms. The van der Waals surface area contributed by atoms with Crippen molar-refractivity contribution in [2.24, 2.45) is 0 Å². The van der Waals surface area contributed by atoms with Gasteiger partial charge in [-0.05, 0) is 41.1 Å². The smallest absolute Gasteiger partial charge is 0.288 e. The first-order chi connectivity index (χ1) is 8.79. The van der Waals surface area contributed by atoms with Gasteiger partial charge in [-0.3, -0.25) is 4.79 Å². The van der Waals surface area contributed by atoms with E-state index in [1.54, 1.807) is 6.07 Å². The number of thiophene rings is 1. The Bertz CT molecular complexity index is 612. The van der Waals surface area contributed by atoms with Crippen molar-refractivity contribution < 1.29 is 18.0 Å². The summed E-state index contributed by atoms with van der Waals surface area (Å²) in [6, 6.07) is 6.09. The maximum Gasteiger partial charge on any atom is 0.416 e. The largest absolute Gasteiger partial charge is 0.416 e. The van der Waals surface area contributed by atoms with Crippen molar-refractivity contribution in [3.63, 3.8) is 0 Å². The second-order valence-electron chi connectivity index (χ2n) is 3.92. The molecule has 2 aromatic rings. The molecule has 0 aliphatic carbocycles. The van der Waals surface area contributed by atoms with Crippen LogP contribution in [0.15, 0.2) is 34.8 Å². The molecule has 1 aromatic carbocycles. The highest BCUT2D eigenvalue weighted by Crippen LogP contribution is 2.31. The van der Waals surface area contributed by atoms with Crippen molar-refractivity contribution in [3.05, 3.63) is 55.7 Å². The van der Waals surface area contributed by atoms with E-state index in [2.05, 4.69) is 15.9 Å². The van der Waals surface area contributed by atoms with E-state index in [0.717, 1.165) is 21.5 Å². The molecule has 1 heterocycles. The predicted molar refractivity (Wildman–Crippen MR) is 71.6 cm³/mol. The Hall–Kier alpha value is -1.14. The minimum Gasteiger partial charge on any atom is -0.288 e. The molecule has 0 spiro atoms. The van der Waals surface area contributed by atoms with Crippen LogP contribution in [0.3, 0.4) is 0 Å². The Morgan fingerprint density at radius 2 is 1.95 bits per heavy atom. The lowest BCUT2D eigenvalue weighted by molar-refractivity contribution is -0.137. The average molecular weight is 349 g/mol. The normalized spacial score (nSPS) is 11.6. The van der Waals surface area contributed by atoms with Crippen molar-refractivity contribution in [2.75, 3.05) is 0 Å². The number of ketones is 1. The van der Waals surface area contributed by atoms with Crippen LogP contribution in [-0.4, -0.2) is 5.78 Å². The Balaban J connectivity index is 2.39. The van der Waals surface area contributed by atoms with Crippen LogP contribution in [0.25, 0.3) is 0 Å². The molecule has 6 heteroatoms. The zero-order chi connectivity index (χ0) is 14.2. The van der Waals surface area contributed by atoms with E-state index >= 15 is 0 Å². The third-order valence-electron chi connectivity index (χ3n) is 2.53. The highest BCUT2D eigenvalue weighted by Gasteiger charge is 2.31. The van der Waals surface area contributed by atoms with E-state index in [0.29, 0.717) is 4.88 Å². The summed E-state index contributed by atoms with van der Waals surface area (Å²) in [5.74, 6) is -0.398. The van der Waals surface area contributed by atoms with E-state index in [4.69, 9.17) is 0 Å². The fourth-order valence-electron chi connectivity index (χ4n) is 1.55. The van der Waals surface area contributed by atoms with Crippen LogP contribution >= 0.6 is 27.3 Å². The van der Waals surface area contributed by atoms with Crippen LogP contribution in [0, 0.1) is 6.92 Å². The topological polar surface area (TPSA) is 17.1 Å². The summed E-state index contributed by atoms with van der Waals surface area (Å²) in [5, 5.41) is 0. The van der Waals surface area contributed by atoms with Gasteiger partial charge < -0.3 is 0 Å². The van der Waals surface area contributed by atoms with Crippen molar-refractivity contribution in [1.29, 1.82) is 0 Å². The van der Waals surface area contributed by atoms with E-state index in [1.165, 1.54) is 23.5 Å². The molecule has 1 aromatic heterocycles. The molecule has 0 atom stereocenters. The maximum absolute atomic E-state index is 12.6. The van der Waals surface area contributed by atoms with Gasteiger partial charge in [0, 0.05) is 14.9 Å². The predicted octanol–water partition coefficient (Wildman–Crippen LogP) is 5.07. The summed E-state index contributed by atoms with van der Waals surface area (Å²) in [4.78, 5) is 13.4. The molecule has 0 amide bonds. The molecule has 0 saturated heterocycles. The minimum absolute atomic E-state index is 0.0450. The average Bonchev–Trinajstić information content (AvgIpc) is 2.68. The molecule has 1 nitrogen and oxygen atoms in total. The monoisotopic (exact) mass is 348 g/mol. The molecule has 0 aliphatic rings. The molecule has 0 aliphatic heterocycles. The lowest BCUT2D eigenvalue weighted by atomic mass is 10.1. The van der Waals surface area contributed by atoms with E-state index in [9.17, 15) is 18.0 Å². The molecule has 0 unspecified atom stereocenters. The fourth-order valence-corrected chi connectivity index (χ4v) is 3.05. The lowest BCUT2D eigenvalue weighted by Gasteiger charge is -2.07. The third-order valence-corrected chi connectivity index (χ3v) is 4.67. The van der Waals surface area contributed by atoms with E-state index in [1.807, 2.05) is 6.92 Å². The second-order valence-corrected chi connectivity index (χ2v) is 6.03. The van der Waals surface area contributed by atoms with Gasteiger partial charge in [0.1, 0.15) is 0 Å². The first-order valence-electron chi connectivity index (χ1n) is 5.27. The Morgan fingerprint density at radius 3 is 2.47 bits per heavy atom. The van der Waals surface area contributed by atoms with Gasteiger partial charge in [-0.25, -0.2) is 0 Å². The molecule has 0 N–H and O–H groups in total. The van der Waals surface area contributed by atoms with Gasteiger partial charge in [0.2, 0.25) is 5.78 Å². The van der Waals surface area contributed by atoms with Crippen LogP contribution in [0.1, 0.15) is 25.7 Å². The standard InChI is InChI=1S/C13H8BrF3OS/c1-7-10(14)6-11(19-7)12(18)8-3-2-4-9(5-8)13(15,16)17/h2-6H,1H3. The molecule has 0 fully saturated rings. The molecule has 100 valence electrons. The number of hydrogen-bond donors (Lipinski definition) is 0. The lowest BCUT2D eigenvalue weighted by Crippen LogP contribution is -2.07. The van der Waals surface area contributed by atoms with Crippen LogP contribution in [0.5, 0.6) is 0 Å². The van der Waals surface area contributed by atoms with Gasteiger partial charge in [-0.1, -0.05) is 12.1 Å². The number of aryl methyl sites for hydroxylation is 1. The summed E-state index contributed by atoms with van der Waals surface area (Å²) in [5.41, 5.74) is -0.769. The highest BCUT2D eigenvalue weighted by atomic mass is 79.9. The van der Waals surface area contributed by atoms with Crippen molar-refractivity contribution in [2.45, 2.75) is 13.1 Å². The molecule has 0 radical (unpaired) electrons. The first-order valence-corrected chi connectivity index (χ1v) is 6.88. The quantitative estimate of drug-likeness (QED) is 0.692. The number of benzene rings is 1. The summed E-state index contributed by atoms with van der Waals surface area (Å²) >= 11 is 4.53. The summed E-state index contributed by atoms with van der Waals surface area (Å²) in [7, 11) is 0. The maximum atomic E-state index is 12.6. The van der Waals surface area contributed by atoms with Crippen molar-refractivity contribution in [1.82, 2.24) is 0 Å². The number of hydrogen-bond acceptors (Lipinski definition) is 2. The number of carbonyl (C=O) groups excluding carboxylic acids is 1. The van der Waals surface area contributed by atoms with Crippen LogP contribution in [0.2, 0.25) is 0 Å². The van der Waals surface area contributed by atoms with Gasteiger partial charge in [0.05, 0.1) is 10.4 Å². The van der Waals surface area contributed by atoms with Gasteiger partial charge >= 0.3 is 6.18 Å². The van der Waals surface area contributed by atoms with Crippen molar-refractivity contribution in [3.8, 4) is 0 Å². The highest BCUT2D eigenvalue weighted by molar-refractivity contribution is 9.10. The number of carbonyl (C=O) groups is 1. The number of rotatable bonds is 2. The zero-order valence-electron chi connectivity index (χ0n) is 9.72. The minimum atomic E-state index is -4.44. The van der Waals surface area contributed by atoms with E-state index < -0.39 is 17.5 Å². The third kappa shape index (κ3) is 3.06. The van der Waals surface area contributed by atoms with Gasteiger partial charge in [-0.2, -0.15) is 13.2 Å². The SMILES string of the molecule is Cc1sc(C(=O)c2cccc(C(F)(F)F)c2)cc1Br. The van der Waals surface area contributed by atoms with Crippen molar-refractivity contribution >= 4 is 33.0 Å². The Morgan fingerprint density at radius 1 is 1.26 bits per heavy atom. The molecule has 19 heavy (non-hydrogen) atoms.